The van der Waals surface area contributed by atoms with Gasteiger partial charge in [-0.15, -0.1) is 18.1 Å². The molecule has 0 amide bonds. The average Bonchev–Trinajstić information content (AvgIpc) is 1.67. The summed E-state index contributed by atoms with van der Waals surface area (Å²) in [6, 6.07) is 0. The third-order valence-electron chi connectivity index (χ3n) is 0.960. The summed E-state index contributed by atoms with van der Waals surface area (Å²) in [5.74, 6) is 0. The van der Waals surface area contributed by atoms with Crippen molar-refractivity contribution in [3.63, 3.8) is 0 Å². The van der Waals surface area contributed by atoms with Crippen LogP contribution >= 0.6 is 30.6 Å². The molecule has 16 heteroatoms. The lowest BCUT2D eigenvalue weighted by molar-refractivity contribution is 0.433. The second-order valence-corrected chi connectivity index (χ2v) is 9.66. The van der Waals surface area contributed by atoms with E-state index in [2.05, 4.69) is 18.1 Å². The minimum Gasteiger partial charge on any atom is -0.322 e. The van der Waals surface area contributed by atoms with Gasteiger partial charge in [0.05, 0.1) is 0 Å². The molecule has 0 aromatic carbocycles. The van der Waals surface area contributed by atoms with Crippen LogP contribution in [-0.2, 0) is 0 Å². The molecule has 1 heterocycles. The second kappa shape index (κ2) is 4.07. The molecule has 0 fully saturated rings. The van der Waals surface area contributed by atoms with E-state index in [-0.39, 0.29) is 0 Å². The molecule has 12 nitrogen and oxygen atoms in total. The Hall–Kier alpha value is 0.600. The third kappa shape index (κ3) is 4.46. The minimum atomic E-state index is -4.75. The third-order valence-corrected chi connectivity index (χ3v) is 8.64. The predicted octanol–water partition coefficient (Wildman–Crippen LogP) is -0.277. The smallest absolute Gasteiger partial charge is 0.322 e. The van der Waals surface area contributed by atoms with Gasteiger partial charge in [-0.1, -0.05) is 0 Å². The SMILES string of the molecule is OP1(O)=NP(O)(O)=NP(O)(O)=NP(O)(O)=N1. The molecule has 0 atom stereocenters. The number of hydrogen-bond donors (Lipinski definition) is 8. The summed E-state index contributed by atoms with van der Waals surface area (Å²) in [7, 11) is -19.0. The standard InChI is InChI=1S/H8N4O8P4/c5-13(6)1-14(7,8)3-16(11,12)4-15(9,10)2-13/h5-12H. The minimum absolute atomic E-state index is 2.56. The van der Waals surface area contributed by atoms with Gasteiger partial charge in [-0.05, 0) is 0 Å². The van der Waals surface area contributed by atoms with Crippen LogP contribution in [0.15, 0.2) is 18.1 Å². The van der Waals surface area contributed by atoms with Crippen LogP contribution in [0.3, 0.4) is 0 Å². The molecule has 0 spiro atoms. The Labute approximate surface area is 88.6 Å². The maximum absolute atomic E-state index is 9.00. The maximum Gasteiger partial charge on any atom is 0.343 e. The fourth-order valence-corrected chi connectivity index (χ4v) is 7.73. The molecule has 1 aliphatic rings. The van der Waals surface area contributed by atoms with Crippen LogP contribution in [0.1, 0.15) is 0 Å². The van der Waals surface area contributed by atoms with E-state index in [0.717, 1.165) is 0 Å². The highest BCUT2D eigenvalue weighted by Gasteiger charge is 2.31. The highest BCUT2D eigenvalue weighted by Crippen LogP contribution is 2.70. The Kier molecular flexibility index (Phi) is 3.72. The Morgan fingerprint density at radius 2 is 0.500 bits per heavy atom. The first-order valence-electron chi connectivity index (χ1n) is 3.20. The normalized spacial score (nSPS) is 29.5. The van der Waals surface area contributed by atoms with Gasteiger partial charge in [0, 0.05) is 0 Å². The van der Waals surface area contributed by atoms with Crippen molar-refractivity contribution < 1.29 is 39.1 Å². The highest BCUT2D eigenvalue weighted by atomic mass is 31.3. The Morgan fingerprint density at radius 1 is 0.375 bits per heavy atom. The largest absolute Gasteiger partial charge is 0.343 e. The Balaban J connectivity index is 3.67. The van der Waals surface area contributed by atoms with Gasteiger partial charge in [-0.2, -0.15) is 0 Å². The van der Waals surface area contributed by atoms with Crippen molar-refractivity contribution in [1.29, 1.82) is 0 Å². The van der Waals surface area contributed by atoms with Gasteiger partial charge < -0.3 is 39.1 Å². The van der Waals surface area contributed by atoms with E-state index in [1.165, 1.54) is 0 Å². The molecule has 8 N–H and O–H groups in total. The van der Waals surface area contributed by atoms with Crippen LogP contribution in [0.4, 0.5) is 0 Å². The van der Waals surface area contributed by atoms with E-state index in [1.54, 1.807) is 0 Å². The molecular formula is H8N4O8P4. The quantitative estimate of drug-likeness (QED) is 0.278. The van der Waals surface area contributed by atoms with Crippen LogP contribution in [0.25, 0.3) is 0 Å². The lowest BCUT2D eigenvalue weighted by Gasteiger charge is -2.17. The molecule has 0 saturated carbocycles. The molecule has 1 rings (SSSR count). The molecule has 96 valence electrons. The average molecular weight is 316 g/mol. The van der Waals surface area contributed by atoms with Gasteiger partial charge in [-0.25, -0.2) is 0 Å². The van der Waals surface area contributed by atoms with E-state index in [4.69, 9.17) is 39.1 Å². The van der Waals surface area contributed by atoms with Crippen LogP contribution < -0.4 is 0 Å². The molecule has 16 heavy (non-hydrogen) atoms. The van der Waals surface area contributed by atoms with Crippen LogP contribution in [0.2, 0.25) is 0 Å². The van der Waals surface area contributed by atoms with Gasteiger partial charge in [0.2, 0.25) is 0 Å². The summed E-state index contributed by atoms with van der Waals surface area (Å²) in [6.07, 6.45) is 0. The zero-order valence-corrected chi connectivity index (χ0v) is 10.7. The monoisotopic (exact) mass is 316 g/mol. The topological polar surface area (TPSA) is 211 Å². The molecule has 0 saturated heterocycles. The number of nitrogens with zero attached hydrogens (tertiary/aromatic N) is 4. The molecule has 0 radical (unpaired) electrons. The first kappa shape index (κ1) is 14.7. The van der Waals surface area contributed by atoms with Crippen molar-refractivity contribution in [2.75, 3.05) is 0 Å². The molecule has 0 aromatic rings. The van der Waals surface area contributed by atoms with E-state index in [9.17, 15) is 0 Å². The molecule has 0 bridgehead atoms. The fraction of sp³-hybridized carbons (Fsp3) is 0. The maximum atomic E-state index is 9.00. The van der Waals surface area contributed by atoms with E-state index < -0.39 is 30.6 Å². The van der Waals surface area contributed by atoms with Gasteiger partial charge in [0.25, 0.3) is 0 Å². The van der Waals surface area contributed by atoms with Gasteiger partial charge >= 0.3 is 30.6 Å². The molecular weight excluding hydrogens is 308 g/mol. The van der Waals surface area contributed by atoms with Crippen molar-refractivity contribution >= 4 is 30.6 Å². The van der Waals surface area contributed by atoms with Crippen molar-refractivity contribution in [3.8, 4) is 0 Å². The first-order chi connectivity index (χ1) is 6.83. The molecule has 1 aliphatic heterocycles. The summed E-state index contributed by atoms with van der Waals surface area (Å²) in [6.45, 7) is 0. The summed E-state index contributed by atoms with van der Waals surface area (Å²) in [5.41, 5.74) is 0. The van der Waals surface area contributed by atoms with Crippen molar-refractivity contribution in [2.24, 2.45) is 18.1 Å². The first-order valence-corrected chi connectivity index (χ1v) is 9.60. The van der Waals surface area contributed by atoms with Crippen LogP contribution in [-0.4, -0.2) is 39.1 Å². The lowest BCUT2D eigenvalue weighted by Crippen LogP contribution is -1.85. The number of hydrogen-bond acceptors (Lipinski definition) is 4. The summed E-state index contributed by atoms with van der Waals surface area (Å²) >= 11 is 0. The Morgan fingerprint density at radius 3 is 0.625 bits per heavy atom. The second-order valence-electron chi connectivity index (χ2n) is 2.50. The molecule has 0 aliphatic carbocycles. The predicted molar refractivity (Wildman–Crippen MR) is 55.1 cm³/mol. The van der Waals surface area contributed by atoms with Gasteiger partial charge in [-0.3, -0.25) is 0 Å². The van der Waals surface area contributed by atoms with E-state index in [1.807, 2.05) is 0 Å². The Bertz CT molecular complexity index is 386. The molecule has 0 unspecified atom stereocenters. The van der Waals surface area contributed by atoms with E-state index >= 15 is 0 Å². The van der Waals surface area contributed by atoms with Gasteiger partial charge in [0.1, 0.15) is 0 Å². The van der Waals surface area contributed by atoms with Gasteiger partial charge in [0.15, 0.2) is 0 Å². The highest BCUT2D eigenvalue weighted by molar-refractivity contribution is 7.76. The van der Waals surface area contributed by atoms with Crippen molar-refractivity contribution in [3.05, 3.63) is 0 Å². The fourth-order valence-electron chi connectivity index (χ4n) is 0.716. The van der Waals surface area contributed by atoms with Crippen LogP contribution in [0.5, 0.6) is 0 Å². The van der Waals surface area contributed by atoms with Crippen molar-refractivity contribution in [2.45, 2.75) is 0 Å². The van der Waals surface area contributed by atoms with E-state index in [0.29, 0.717) is 0 Å². The zero-order chi connectivity index (χ0) is 12.8. The summed E-state index contributed by atoms with van der Waals surface area (Å²) in [5, 5.41) is 0. The zero-order valence-electron chi connectivity index (χ0n) is 7.16. The van der Waals surface area contributed by atoms with Crippen molar-refractivity contribution in [1.82, 2.24) is 0 Å². The lowest BCUT2D eigenvalue weighted by atomic mass is 13.8. The molecule has 0 aromatic heterocycles. The summed E-state index contributed by atoms with van der Waals surface area (Å²) in [4.78, 5) is 72.0. The van der Waals surface area contributed by atoms with Crippen LogP contribution in [0, 0.1) is 0 Å². The number of rotatable bonds is 0. The summed E-state index contributed by atoms with van der Waals surface area (Å²) < 4.78 is 10.2.